The first-order chi connectivity index (χ1) is 23.8. The number of rotatable bonds is 11. The van der Waals surface area contributed by atoms with Crippen molar-refractivity contribution in [2.24, 2.45) is 4.99 Å². The van der Waals surface area contributed by atoms with Crippen molar-refractivity contribution in [1.29, 1.82) is 0 Å². The van der Waals surface area contributed by atoms with Crippen LogP contribution >= 0.6 is 11.3 Å². The molecule has 1 atom stereocenters. The number of hydrogen-bond donors (Lipinski definition) is 1. The van der Waals surface area contributed by atoms with Crippen LogP contribution in [0.2, 0.25) is 0 Å². The second kappa shape index (κ2) is 14.7. The standard InChI is InChI=1S/C39H37N3O6S/c1-6-47-33-20-26(15-18-31(33)48-23-27-12-10-11-24(2)19-27)21-34-38(44)42-36(30-17-16-29(45-4)22-32(30)46-5)35(25(3)40-39(42)49-34)37(43)41-28-13-8-7-9-14-28/h7-22,36H,6,23H2,1-5H3,(H,41,43)/b34-21-/t36-/m1/s1. The van der Waals surface area contributed by atoms with Gasteiger partial charge in [0.2, 0.25) is 0 Å². The number of carbonyl (C=O) groups is 1. The van der Waals surface area contributed by atoms with Crippen LogP contribution in [0.3, 0.4) is 0 Å². The number of anilines is 1. The third-order valence-corrected chi connectivity index (χ3v) is 9.06. The van der Waals surface area contributed by atoms with Gasteiger partial charge in [0.15, 0.2) is 16.3 Å². The quantitative estimate of drug-likeness (QED) is 0.180. The molecule has 49 heavy (non-hydrogen) atoms. The van der Waals surface area contributed by atoms with Crippen molar-refractivity contribution in [2.75, 3.05) is 26.1 Å². The number of ether oxygens (including phenoxy) is 4. The molecule has 0 aliphatic carbocycles. The zero-order valence-corrected chi connectivity index (χ0v) is 28.8. The molecule has 2 heterocycles. The minimum absolute atomic E-state index is 0.290. The van der Waals surface area contributed by atoms with Gasteiger partial charge in [-0.1, -0.05) is 65.4 Å². The normalized spacial score (nSPS) is 14.1. The summed E-state index contributed by atoms with van der Waals surface area (Å²) in [4.78, 5) is 33.5. The Morgan fingerprint density at radius 3 is 2.45 bits per heavy atom. The summed E-state index contributed by atoms with van der Waals surface area (Å²) >= 11 is 1.25. The molecule has 5 aromatic rings. The number of methoxy groups -OCH3 is 2. The van der Waals surface area contributed by atoms with Crippen LogP contribution in [-0.4, -0.2) is 31.3 Å². The Kier molecular flexibility index (Phi) is 9.96. The van der Waals surface area contributed by atoms with Crippen molar-refractivity contribution in [3.05, 3.63) is 144 Å². The summed E-state index contributed by atoms with van der Waals surface area (Å²) in [6.45, 7) is 6.59. The van der Waals surface area contributed by atoms with Crippen molar-refractivity contribution in [2.45, 2.75) is 33.4 Å². The van der Waals surface area contributed by atoms with E-state index in [9.17, 15) is 9.59 Å². The Morgan fingerprint density at radius 1 is 0.898 bits per heavy atom. The van der Waals surface area contributed by atoms with Crippen LogP contribution in [0.1, 0.15) is 42.1 Å². The van der Waals surface area contributed by atoms with E-state index in [1.54, 1.807) is 50.0 Å². The first kappa shape index (κ1) is 33.3. The van der Waals surface area contributed by atoms with Crippen molar-refractivity contribution in [1.82, 2.24) is 4.57 Å². The summed E-state index contributed by atoms with van der Waals surface area (Å²) in [5.74, 6) is 1.88. The van der Waals surface area contributed by atoms with Crippen LogP contribution in [0, 0.1) is 6.92 Å². The molecule has 1 N–H and O–H groups in total. The van der Waals surface area contributed by atoms with E-state index in [2.05, 4.69) is 11.4 Å². The number of nitrogens with one attached hydrogen (secondary N) is 1. The van der Waals surface area contributed by atoms with E-state index in [1.165, 1.54) is 11.3 Å². The molecule has 1 aromatic heterocycles. The lowest BCUT2D eigenvalue weighted by molar-refractivity contribution is -0.113. The predicted molar refractivity (Wildman–Crippen MR) is 192 cm³/mol. The molecule has 0 bridgehead atoms. The van der Waals surface area contributed by atoms with Gasteiger partial charge in [-0.05, 0) is 74.4 Å². The molecule has 1 aliphatic heterocycles. The SMILES string of the molecule is CCOc1cc(/C=c2\sc3n(c2=O)[C@H](c2ccc(OC)cc2OC)C(C(=O)Nc2ccccc2)=C(C)N=3)ccc1OCc1cccc(C)c1. The number of benzene rings is 4. The molecule has 0 saturated heterocycles. The number of carbonyl (C=O) groups excluding carboxylic acids is 1. The number of aryl methyl sites for hydroxylation is 1. The van der Waals surface area contributed by atoms with E-state index in [0.717, 1.165) is 16.7 Å². The summed E-state index contributed by atoms with van der Waals surface area (Å²) in [6.07, 6.45) is 1.81. The molecular formula is C39H37N3O6S. The van der Waals surface area contributed by atoms with E-state index in [-0.39, 0.29) is 11.5 Å². The largest absolute Gasteiger partial charge is 0.497 e. The highest BCUT2D eigenvalue weighted by atomic mass is 32.1. The fourth-order valence-corrected chi connectivity index (χ4v) is 6.83. The smallest absolute Gasteiger partial charge is 0.271 e. The lowest BCUT2D eigenvalue weighted by atomic mass is 9.94. The zero-order valence-electron chi connectivity index (χ0n) is 28.0. The predicted octanol–water partition coefficient (Wildman–Crippen LogP) is 6.18. The van der Waals surface area contributed by atoms with E-state index in [1.807, 2.05) is 80.6 Å². The Balaban J connectivity index is 1.43. The molecule has 1 aliphatic rings. The van der Waals surface area contributed by atoms with Crippen molar-refractivity contribution in [3.63, 3.8) is 0 Å². The minimum Gasteiger partial charge on any atom is -0.497 e. The number of para-hydroxylation sites is 1. The van der Waals surface area contributed by atoms with Gasteiger partial charge in [0.1, 0.15) is 24.1 Å². The molecule has 10 heteroatoms. The van der Waals surface area contributed by atoms with Gasteiger partial charge in [-0.2, -0.15) is 0 Å². The highest BCUT2D eigenvalue weighted by Gasteiger charge is 2.34. The molecule has 250 valence electrons. The minimum atomic E-state index is -0.820. The Labute approximate surface area is 288 Å². The number of aromatic nitrogens is 1. The molecule has 0 fully saturated rings. The van der Waals surface area contributed by atoms with Gasteiger partial charge in [-0.25, -0.2) is 4.99 Å². The highest BCUT2D eigenvalue weighted by molar-refractivity contribution is 7.07. The van der Waals surface area contributed by atoms with E-state index < -0.39 is 6.04 Å². The Hall–Kier alpha value is -5.61. The lowest BCUT2D eigenvalue weighted by Gasteiger charge is -2.26. The molecule has 6 rings (SSSR count). The van der Waals surface area contributed by atoms with Gasteiger partial charge >= 0.3 is 0 Å². The Bertz CT molecular complexity index is 2220. The van der Waals surface area contributed by atoms with Crippen molar-refractivity contribution in [3.8, 4) is 23.0 Å². The number of thiazole rings is 1. The van der Waals surface area contributed by atoms with Gasteiger partial charge in [-0.3, -0.25) is 14.2 Å². The average molecular weight is 676 g/mol. The summed E-state index contributed by atoms with van der Waals surface area (Å²) in [7, 11) is 3.12. The first-order valence-electron chi connectivity index (χ1n) is 15.9. The van der Waals surface area contributed by atoms with Crippen LogP contribution in [0.5, 0.6) is 23.0 Å². The molecule has 0 saturated carbocycles. The van der Waals surface area contributed by atoms with Crippen LogP contribution in [0.15, 0.2) is 112 Å². The zero-order chi connectivity index (χ0) is 34.5. The van der Waals surface area contributed by atoms with Crippen LogP contribution in [-0.2, 0) is 11.4 Å². The molecular weight excluding hydrogens is 639 g/mol. The monoisotopic (exact) mass is 675 g/mol. The van der Waals surface area contributed by atoms with E-state index in [0.29, 0.717) is 68.1 Å². The molecule has 0 spiro atoms. The van der Waals surface area contributed by atoms with E-state index in [4.69, 9.17) is 23.9 Å². The molecule has 0 unspecified atom stereocenters. The van der Waals surface area contributed by atoms with Crippen LogP contribution in [0.25, 0.3) is 6.08 Å². The summed E-state index contributed by atoms with van der Waals surface area (Å²) in [5.41, 5.74) is 4.77. The fraction of sp³-hybridized carbons (Fsp3) is 0.205. The summed E-state index contributed by atoms with van der Waals surface area (Å²) in [6, 6.07) is 27.5. The fourth-order valence-electron chi connectivity index (χ4n) is 5.79. The maximum Gasteiger partial charge on any atom is 0.271 e. The summed E-state index contributed by atoms with van der Waals surface area (Å²) in [5, 5.41) is 2.98. The van der Waals surface area contributed by atoms with Gasteiger partial charge < -0.3 is 24.3 Å². The highest BCUT2D eigenvalue weighted by Crippen LogP contribution is 2.38. The van der Waals surface area contributed by atoms with E-state index >= 15 is 0 Å². The third-order valence-electron chi connectivity index (χ3n) is 8.08. The van der Waals surface area contributed by atoms with Gasteiger partial charge in [0.05, 0.1) is 36.6 Å². The number of amides is 1. The molecule has 0 radical (unpaired) electrons. The second-order valence-corrected chi connectivity index (χ2v) is 12.4. The third kappa shape index (κ3) is 7.14. The molecule has 4 aromatic carbocycles. The Morgan fingerprint density at radius 2 is 1.71 bits per heavy atom. The van der Waals surface area contributed by atoms with Gasteiger partial charge in [0, 0.05) is 17.3 Å². The topological polar surface area (TPSA) is 100 Å². The first-order valence-corrected chi connectivity index (χ1v) is 16.7. The maximum absolute atomic E-state index is 14.3. The van der Waals surface area contributed by atoms with Crippen LogP contribution < -0.4 is 39.2 Å². The maximum atomic E-state index is 14.3. The average Bonchev–Trinajstić information content (AvgIpc) is 3.41. The molecule has 9 nitrogen and oxygen atoms in total. The number of hydrogen-bond acceptors (Lipinski definition) is 8. The number of fused-ring (bicyclic) bond motifs is 1. The van der Waals surface area contributed by atoms with Crippen molar-refractivity contribution >= 4 is 29.0 Å². The number of nitrogens with zero attached hydrogens (tertiary/aromatic N) is 2. The molecule has 1 amide bonds. The van der Waals surface area contributed by atoms with Gasteiger partial charge in [-0.15, -0.1) is 0 Å². The van der Waals surface area contributed by atoms with Crippen molar-refractivity contribution < 1.29 is 23.7 Å². The number of allylic oxidation sites excluding steroid dienone is 1. The second-order valence-electron chi connectivity index (χ2n) is 11.4. The lowest BCUT2D eigenvalue weighted by Crippen LogP contribution is -2.40. The van der Waals surface area contributed by atoms with Crippen LogP contribution in [0.4, 0.5) is 5.69 Å². The summed E-state index contributed by atoms with van der Waals surface area (Å²) < 4.78 is 25.3. The van der Waals surface area contributed by atoms with Gasteiger partial charge in [0.25, 0.3) is 11.5 Å².